The maximum Gasteiger partial charge on any atom is 0.0697 e. The Kier molecular flexibility index (Phi) is 2.14. The van der Waals surface area contributed by atoms with E-state index in [0.717, 1.165) is 16.8 Å². The first-order valence-corrected chi connectivity index (χ1v) is 4.41. The van der Waals surface area contributed by atoms with Gasteiger partial charge >= 0.3 is 0 Å². The van der Waals surface area contributed by atoms with Crippen LogP contribution in [0, 0.1) is 6.92 Å². The van der Waals surface area contributed by atoms with Crippen LogP contribution in [0.5, 0.6) is 0 Å². The van der Waals surface area contributed by atoms with Crippen LogP contribution in [0.1, 0.15) is 11.1 Å². The van der Waals surface area contributed by atoms with Crippen LogP contribution >= 0.6 is 0 Å². The summed E-state index contributed by atoms with van der Waals surface area (Å²) >= 11 is 0. The lowest BCUT2D eigenvalue weighted by molar-refractivity contribution is 0.798. The molecule has 0 N–H and O–H groups in total. The molecule has 0 fully saturated rings. The number of hydrogen-bond donors (Lipinski definition) is 0. The topological polar surface area (TPSA) is 30.7 Å². The molecule has 14 heavy (non-hydrogen) atoms. The van der Waals surface area contributed by atoms with Crippen molar-refractivity contribution in [1.82, 2.24) is 15.0 Å². The molecule has 1 heterocycles. The molecular formula is C11H11N3. The zero-order valence-electron chi connectivity index (χ0n) is 8.01. The van der Waals surface area contributed by atoms with E-state index in [2.05, 4.69) is 23.0 Å². The molecule has 0 aliphatic rings. The van der Waals surface area contributed by atoms with Crippen LogP contribution < -0.4 is 0 Å². The third-order valence-electron chi connectivity index (χ3n) is 2.13. The van der Waals surface area contributed by atoms with Gasteiger partial charge in [-0.2, -0.15) is 0 Å². The summed E-state index contributed by atoms with van der Waals surface area (Å²) in [4.78, 5) is 0. The first-order chi connectivity index (χ1) is 6.81. The maximum absolute atomic E-state index is 3.94. The highest BCUT2D eigenvalue weighted by Crippen LogP contribution is 2.14. The second kappa shape index (κ2) is 3.46. The van der Waals surface area contributed by atoms with Crippen LogP contribution in [0.15, 0.2) is 37.2 Å². The lowest BCUT2D eigenvalue weighted by Gasteiger charge is -2.05. The van der Waals surface area contributed by atoms with Gasteiger partial charge in [-0.25, -0.2) is 4.68 Å². The molecule has 2 rings (SSSR count). The Bertz CT molecular complexity index is 444. The molecule has 0 aliphatic carbocycles. The second-order valence-corrected chi connectivity index (χ2v) is 3.10. The van der Waals surface area contributed by atoms with Crippen molar-refractivity contribution >= 4 is 6.08 Å². The van der Waals surface area contributed by atoms with Gasteiger partial charge in [0.05, 0.1) is 18.1 Å². The molecule has 0 bridgehead atoms. The number of aryl methyl sites for hydroxylation is 1. The van der Waals surface area contributed by atoms with Crippen LogP contribution in [0.25, 0.3) is 11.8 Å². The monoisotopic (exact) mass is 185 g/mol. The van der Waals surface area contributed by atoms with Crippen LogP contribution in [0.3, 0.4) is 0 Å². The molecule has 2 aromatic rings. The Labute approximate surface area is 82.7 Å². The third-order valence-corrected chi connectivity index (χ3v) is 2.13. The Morgan fingerprint density at radius 1 is 1.43 bits per heavy atom. The summed E-state index contributed by atoms with van der Waals surface area (Å²) in [6.45, 7) is 5.78. The smallest absolute Gasteiger partial charge is 0.0697 e. The molecule has 70 valence electrons. The fourth-order valence-corrected chi connectivity index (χ4v) is 1.40. The summed E-state index contributed by atoms with van der Waals surface area (Å²) in [6.07, 6.45) is 5.33. The first kappa shape index (κ1) is 8.69. The van der Waals surface area contributed by atoms with Gasteiger partial charge in [-0.15, -0.1) is 5.10 Å². The van der Waals surface area contributed by atoms with E-state index in [1.54, 1.807) is 10.9 Å². The molecule has 1 aromatic carbocycles. The normalized spacial score (nSPS) is 10.1. The highest BCUT2D eigenvalue weighted by Gasteiger charge is 2.00. The molecule has 0 saturated carbocycles. The highest BCUT2D eigenvalue weighted by atomic mass is 15.4. The third kappa shape index (κ3) is 1.44. The molecule has 0 spiro atoms. The van der Waals surface area contributed by atoms with E-state index < -0.39 is 0 Å². The van der Waals surface area contributed by atoms with Crippen molar-refractivity contribution in [1.29, 1.82) is 0 Å². The van der Waals surface area contributed by atoms with Gasteiger partial charge in [0.1, 0.15) is 0 Å². The van der Waals surface area contributed by atoms with Crippen molar-refractivity contribution in [2.24, 2.45) is 0 Å². The quantitative estimate of drug-likeness (QED) is 0.718. The summed E-state index contributed by atoms with van der Waals surface area (Å²) in [5, 5.41) is 7.72. The van der Waals surface area contributed by atoms with Gasteiger partial charge < -0.3 is 0 Å². The van der Waals surface area contributed by atoms with Gasteiger partial charge in [0.25, 0.3) is 0 Å². The largest absolute Gasteiger partial charge is 0.221 e. The van der Waals surface area contributed by atoms with Gasteiger partial charge in [0.15, 0.2) is 0 Å². The number of hydrogen-bond acceptors (Lipinski definition) is 2. The van der Waals surface area contributed by atoms with Gasteiger partial charge in [-0.05, 0) is 30.2 Å². The first-order valence-electron chi connectivity index (χ1n) is 4.41. The standard InChI is InChI=1S/C11H11N3/c1-3-10-4-5-11(9(2)8-10)14-7-6-12-13-14/h3-8H,1H2,2H3. The highest BCUT2D eigenvalue weighted by molar-refractivity contribution is 5.53. The van der Waals surface area contributed by atoms with Crippen LogP contribution in [-0.2, 0) is 0 Å². The zero-order valence-corrected chi connectivity index (χ0v) is 8.01. The predicted octanol–water partition coefficient (Wildman–Crippen LogP) is 2.22. The molecule has 0 unspecified atom stereocenters. The molecule has 1 aromatic heterocycles. The number of benzene rings is 1. The van der Waals surface area contributed by atoms with E-state index >= 15 is 0 Å². The van der Waals surface area contributed by atoms with Crippen LogP contribution in [0.2, 0.25) is 0 Å². The van der Waals surface area contributed by atoms with Gasteiger partial charge in [0.2, 0.25) is 0 Å². The van der Waals surface area contributed by atoms with Gasteiger partial charge in [-0.1, -0.05) is 23.9 Å². The average Bonchev–Trinajstić information content (AvgIpc) is 2.70. The predicted molar refractivity (Wildman–Crippen MR) is 56.2 cm³/mol. The molecule has 3 nitrogen and oxygen atoms in total. The van der Waals surface area contributed by atoms with Crippen LogP contribution in [-0.4, -0.2) is 15.0 Å². The van der Waals surface area contributed by atoms with Crippen LogP contribution in [0.4, 0.5) is 0 Å². The van der Waals surface area contributed by atoms with E-state index in [1.165, 1.54) is 0 Å². The lowest BCUT2D eigenvalue weighted by Crippen LogP contribution is -1.97. The van der Waals surface area contributed by atoms with Crippen molar-refractivity contribution in [2.45, 2.75) is 6.92 Å². The van der Waals surface area contributed by atoms with E-state index in [1.807, 2.05) is 31.3 Å². The number of nitrogens with zero attached hydrogens (tertiary/aromatic N) is 3. The SMILES string of the molecule is C=Cc1ccc(-n2ccnn2)c(C)c1. The maximum atomic E-state index is 3.94. The number of rotatable bonds is 2. The molecule has 0 radical (unpaired) electrons. The summed E-state index contributed by atoms with van der Waals surface area (Å²) in [6, 6.07) is 6.10. The minimum absolute atomic E-state index is 1.05. The molecule has 0 aliphatic heterocycles. The van der Waals surface area contributed by atoms with Crippen molar-refractivity contribution in [2.75, 3.05) is 0 Å². The van der Waals surface area contributed by atoms with E-state index in [0.29, 0.717) is 0 Å². The Balaban J connectivity index is 2.51. The van der Waals surface area contributed by atoms with Crippen molar-refractivity contribution in [3.8, 4) is 5.69 Å². The van der Waals surface area contributed by atoms with E-state index in [9.17, 15) is 0 Å². The fraction of sp³-hybridized carbons (Fsp3) is 0.0909. The minimum Gasteiger partial charge on any atom is -0.221 e. The Morgan fingerprint density at radius 3 is 2.86 bits per heavy atom. The van der Waals surface area contributed by atoms with Gasteiger partial charge in [0, 0.05) is 0 Å². The summed E-state index contributed by atoms with van der Waals surface area (Å²) < 4.78 is 1.75. The van der Waals surface area contributed by atoms with E-state index in [-0.39, 0.29) is 0 Å². The molecule has 0 atom stereocenters. The summed E-state index contributed by atoms with van der Waals surface area (Å²) in [7, 11) is 0. The second-order valence-electron chi connectivity index (χ2n) is 3.10. The van der Waals surface area contributed by atoms with Crippen molar-refractivity contribution in [3.05, 3.63) is 48.3 Å². The Hall–Kier alpha value is -1.90. The lowest BCUT2D eigenvalue weighted by atomic mass is 10.1. The van der Waals surface area contributed by atoms with E-state index in [4.69, 9.17) is 0 Å². The van der Waals surface area contributed by atoms with Gasteiger partial charge in [-0.3, -0.25) is 0 Å². The zero-order chi connectivity index (χ0) is 9.97. The minimum atomic E-state index is 1.05. The molecule has 3 heteroatoms. The van der Waals surface area contributed by atoms with Crippen molar-refractivity contribution < 1.29 is 0 Å². The average molecular weight is 185 g/mol. The summed E-state index contributed by atoms with van der Waals surface area (Å²) in [5.74, 6) is 0. The summed E-state index contributed by atoms with van der Waals surface area (Å²) in [5.41, 5.74) is 3.33. The molecule has 0 saturated heterocycles. The molecule has 0 amide bonds. The molecular weight excluding hydrogens is 174 g/mol. The fourth-order valence-electron chi connectivity index (χ4n) is 1.40. The van der Waals surface area contributed by atoms with Crippen molar-refractivity contribution in [3.63, 3.8) is 0 Å². The Morgan fingerprint density at radius 2 is 2.29 bits per heavy atom. The number of aromatic nitrogens is 3.